The van der Waals surface area contributed by atoms with Crippen molar-refractivity contribution in [1.29, 1.82) is 0 Å². The molecule has 3 rings (SSSR count). The molecular weight excluding hydrogens is 242 g/mol. The van der Waals surface area contributed by atoms with Crippen LogP contribution in [0.1, 0.15) is 10.4 Å². The Morgan fingerprint density at radius 2 is 1.95 bits per heavy atom. The zero-order valence-corrected chi connectivity index (χ0v) is 9.92. The molecule has 0 unspecified atom stereocenters. The van der Waals surface area contributed by atoms with E-state index in [1.165, 1.54) is 0 Å². The van der Waals surface area contributed by atoms with Crippen molar-refractivity contribution in [2.75, 3.05) is 5.32 Å². The number of anilines is 1. The molecule has 3 N–H and O–H groups in total. The number of para-hydroxylation sites is 1. The van der Waals surface area contributed by atoms with Gasteiger partial charge in [0.25, 0.3) is 5.91 Å². The standard InChI is InChI=1S/C14H11N3O2/c18-13(16-9-5-2-1-3-6-9)11-10-7-4-8-15-12(10)17-14(11)19/h1-8,19H,(H,15,17)(H,16,18). The summed E-state index contributed by atoms with van der Waals surface area (Å²) in [6.45, 7) is 0. The number of amides is 1. The molecular formula is C14H11N3O2. The lowest BCUT2D eigenvalue weighted by atomic mass is 10.2. The highest BCUT2D eigenvalue weighted by molar-refractivity contribution is 6.14. The second kappa shape index (κ2) is 4.45. The van der Waals surface area contributed by atoms with E-state index in [1.807, 2.05) is 18.2 Å². The van der Waals surface area contributed by atoms with Gasteiger partial charge in [-0.1, -0.05) is 18.2 Å². The molecule has 3 aromatic rings. The summed E-state index contributed by atoms with van der Waals surface area (Å²) in [7, 11) is 0. The van der Waals surface area contributed by atoms with Crippen molar-refractivity contribution in [3.8, 4) is 5.88 Å². The maximum Gasteiger partial charge on any atom is 0.261 e. The van der Waals surface area contributed by atoms with Crippen LogP contribution in [0.2, 0.25) is 0 Å². The van der Waals surface area contributed by atoms with Gasteiger partial charge in [-0.25, -0.2) is 4.98 Å². The minimum atomic E-state index is -0.372. The molecule has 19 heavy (non-hydrogen) atoms. The SMILES string of the molecule is O=C(Nc1ccccc1)c1c(O)[nH]c2ncccc12. The minimum Gasteiger partial charge on any atom is -0.494 e. The zero-order valence-electron chi connectivity index (χ0n) is 9.92. The molecule has 0 fully saturated rings. The van der Waals surface area contributed by atoms with E-state index in [2.05, 4.69) is 15.3 Å². The van der Waals surface area contributed by atoms with E-state index in [9.17, 15) is 9.90 Å². The maximum absolute atomic E-state index is 12.2. The highest BCUT2D eigenvalue weighted by Crippen LogP contribution is 2.26. The summed E-state index contributed by atoms with van der Waals surface area (Å²) in [5.74, 6) is -0.551. The smallest absolute Gasteiger partial charge is 0.261 e. The van der Waals surface area contributed by atoms with Gasteiger partial charge in [-0.3, -0.25) is 4.79 Å². The lowest BCUT2D eigenvalue weighted by Gasteiger charge is -2.04. The number of aromatic hydroxyl groups is 1. The van der Waals surface area contributed by atoms with Crippen LogP contribution >= 0.6 is 0 Å². The molecule has 2 aromatic heterocycles. The molecule has 0 radical (unpaired) electrons. The average Bonchev–Trinajstić information content (AvgIpc) is 2.75. The summed E-state index contributed by atoms with van der Waals surface area (Å²) in [4.78, 5) is 18.9. The number of fused-ring (bicyclic) bond motifs is 1. The van der Waals surface area contributed by atoms with Crippen molar-refractivity contribution in [1.82, 2.24) is 9.97 Å². The number of aromatic amines is 1. The molecule has 1 amide bonds. The van der Waals surface area contributed by atoms with Gasteiger partial charge < -0.3 is 15.4 Å². The number of H-pyrrole nitrogens is 1. The third-order valence-corrected chi connectivity index (χ3v) is 2.81. The van der Waals surface area contributed by atoms with E-state index in [1.54, 1.807) is 30.5 Å². The van der Waals surface area contributed by atoms with Crippen molar-refractivity contribution in [2.24, 2.45) is 0 Å². The van der Waals surface area contributed by atoms with Crippen molar-refractivity contribution in [3.05, 3.63) is 54.2 Å². The fourth-order valence-electron chi connectivity index (χ4n) is 1.95. The molecule has 5 nitrogen and oxygen atoms in total. The van der Waals surface area contributed by atoms with E-state index < -0.39 is 0 Å². The predicted octanol–water partition coefficient (Wildman–Crippen LogP) is 2.52. The number of hydrogen-bond acceptors (Lipinski definition) is 3. The second-order valence-electron chi connectivity index (χ2n) is 4.07. The lowest BCUT2D eigenvalue weighted by molar-refractivity contribution is 0.102. The predicted molar refractivity (Wildman–Crippen MR) is 72.2 cm³/mol. The second-order valence-corrected chi connectivity index (χ2v) is 4.07. The summed E-state index contributed by atoms with van der Waals surface area (Å²) in [5.41, 5.74) is 1.36. The summed E-state index contributed by atoms with van der Waals surface area (Å²) >= 11 is 0. The van der Waals surface area contributed by atoms with Gasteiger partial charge in [-0.15, -0.1) is 0 Å². The molecule has 1 aromatic carbocycles. The Kier molecular flexibility index (Phi) is 2.64. The molecule has 0 atom stereocenters. The molecule has 0 aliphatic rings. The number of nitrogens with one attached hydrogen (secondary N) is 2. The Morgan fingerprint density at radius 1 is 1.16 bits per heavy atom. The molecule has 2 heterocycles. The molecule has 5 heteroatoms. The Balaban J connectivity index is 2.00. The first-order valence-corrected chi connectivity index (χ1v) is 5.78. The molecule has 0 aliphatic heterocycles. The Hall–Kier alpha value is -2.82. The van der Waals surface area contributed by atoms with Crippen LogP contribution in [-0.4, -0.2) is 21.0 Å². The van der Waals surface area contributed by atoms with Gasteiger partial charge in [0.2, 0.25) is 5.88 Å². The van der Waals surface area contributed by atoms with Crippen LogP contribution in [0.15, 0.2) is 48.7 Å². The summed E-state index contributed by atoms with van der Waals surface area (Å²) in [6, 6.07) is 12.5. The molecule has 0 saturated carbocycles. The van der Waals surface area contributed by atoms with Crippen LogP contribution in [-0.2, 0) is 0 Å². The number of aromatic nitrogens is 2. The Bertz CT molecular complexity index is 735. The number of pyridine rings is 1. The molecule has 0 saturated heterocycles. The van der Waals surface area contributed by atoms with Crippen LogP contribution in [0.4, 0.5) is 5.69 Å². The fraction of sp³-hybridized carbons (Fsp3) is 0. The van der Waals surface area contributed by atoms with Gasteiger partial charge in [-0.2, -0.15) is 0 Å². The molecule has 0 bridgehead atoms. The van der Waals surface area contributed by atoms with Crippen molar-refractivity contribution in [2.45, 2.75) is 0 Å². The maximum atomic E-state index is 12.2. The van der Waals surface area contributed by atoms with Crippen LogP contribution in [0.25, 0.3) is 11.0 Å². The fourth-order valence-corrected chi connectivity index (χ4v) is 1.95. The van der Waals surface area contributed by atoms with Crippen molar-refractivity contribution < 1.29 is 9.90 Å². The van der Waals surface area contributed by atoms with Crippen LogP contribution in [0.5, 0.6) is 5.88 Å². The van der Waals surface area contributed by atoms with Gasteiger partial charge in [0, 0.05) is 17.3 Å². The van der Waals surface area contributed by atoms with E-state index in [-0.39, 0.29) is 17.4 Å². The van der Waals surface area contributed by atoms with Crippen molar-refractivity contribution in [3.63, 3.8) is 0 Å². The van der Waals surface area contributed by atoms with E-state index in [0.717, 1.165) is 0 Å². The number of nitrogens with zero attached hydrogens (tertiary/aromatic N) is 1. The first kappa shape index (κ1) is 11.3. The van der Waals surface area contributed by atoms with Crippen LogP contribution in [0.3, 0.4) is 0 Å². The zero-order chi connectivity index (χ0) is 13.2. The van der Waals surface area contributed by atoms with Crippen LogP contribution in [0, 0.1) is 0 Å². The lowest BCUT2D eigenvalue weighted by Crippen LogP contribution is -2.11. The molecule has 94 valence electrons. The number of rotatable bonds is 2. The van der Waals surface area contributed by atoms with Gasteiger partial charge in [-0.05, 0) is 24.3 Å². The monoisotopic (exact) mass is 253 g/mol. The number of hydrogen-bond donors (Lipinski definition) is 3. The normalized spacial score (nSPS) is 10.5. The van der Waals surface area contributed by atoms with Crippen LogP contribution < -0.4 is 5.32 Å². The third-order valence-electron chi connectivity index (χ3n) is 2.81. The van der Waals surface area contributed by atoms with Gasteiger partial charge in [0.05, 0.1) is 0 Å². The Morgan fingerprint density at radius 3 is 2.74 bits per heavy atom. The van der Waals surface area contributed by atoms with E-state index in [0.29, 0.717) is 16.7 Å². The van der Waals surface area contributed by atoms with Crippen molar-refractivity contribution >= 4 is 22.6 Å². The third kappa shape index (κ3) is 2.01. The topological polar surface area (TPSA) is 78.0 Å². The number of benzene rings is 1. The number of carbonyl (C=O) groups is 1. The molecule has 0 aliphatic carbocycles. The van der Waals surface area contributed by atoms with Gasteiger partial charge in [0.15, 0.2) is 0 Å². The first-order valence-electron chi connectivity index (χ1n) is 5.78. The van der Waals surface area contributed by atoms with Gasteiger partial charge in [0.1, 0.15) is 11.2 Å². The van der Waals surface area contributed by atoms with E-state index in [4.69, 9.17) is 0 Å². The number of carbonyl (C=O) groups excluding carboxylic acids is 1. The first-order chi connectivity index (χ1) is 9.25. The summed E-state index contributed by atoms with van der Waals surface area (Å²) in [6.07, 6.45) is 1.59. The summed E-state index contributed by atoms with van der Waals surface area (Å²) in [5, 5.41) is 13.1. The molecule has 0 spiro atoms. The quantitative estimate of drug-likeness (QED) is 0.656. The summed E-state index contributed by atoms with van der Waals surface area (Å²) < 4.78 is 0. The van der Waals surface area contributed by atoms with E-state index >= 15 is 0 Å². The highest BCUT2D eigenvalue weighted by atomic mass is 16.3. The Labute approximate surface area is 108 Å². The average molecular weight is 253 g/mol. The minimum absolute atomic E-state index is 0.179. The highest BCUT2D eigenvalue weighted by Gasteiger charge is 2.18. The van der Waals surface area contributed by atoms with Gasteiger partial charge >= 0.3 is 0 Å². The largest absolute Gasteiger partial charge is 0.494 e.